The minimum absolute atomic E-state index is 0.139. The number of carbonyl (C=O) groups is 2. The van der Waals surface area contributed by atoms with Crippen LogP contribution in [0, 0.1) is 11.3 Å². The molecule has 4 heteroatoms. The quantitative estimate of drug-likeness (QED) is 0.568. The minimum Gasteiger partial charge on any atom is -0.438 e. The molecule has 0 saturated heterocycles. The Morgan fingerprint density at radius 3 is 2.50 bits per heavy atom. The van der Waals surface area contributed by atoms with Crippen molar-refractivity contribution >= 4 is 11.8 Å². The van der Waals surface area contributed by atoms with Crippen molar-refractivity contribution in [3.63, 3.8) is 0 Å². The number of nitriles is 1. The van der Waals surface area contributed by atoms with E-state index in [9.17, 15) is 9.59 Å². The number of ether oxygens (including phenoxy) is 1. The summed E-state index contributed by atoms with van der Waals surface area (Å²) in [5, 5.41) is 8.75. The lowest BCUT2D eigenvalue weighted by molar-refractivity contribution is -0.144. The highest BCUT2D eigenvalue weighted by Gasteiger charge is 2.22. The number of benzene rings is 1. The minimum atomic E-state index is -1.35. The summed E-state index contributed by atoms with van der Waals surface area (Å²) in [6.45, 7) is 1.60. The van der Waals surface area contributed by atoms with E-state index >= 15 is 0 Å². The average Bonchev–Trinajstić information content (AvgIpc) is 2.35. The molecule has 0 amide bonds. The summed E-state index contributed by atoms with van der Waals surface area (Å²) in [6, 6.07) is 9.95. The van der Waals surface area contributed by atoms with Gasteiger partial charge in [-0.2, -0.15) is 5.26 Å². The van der Waals surface area contributed by atoms with Crippen LogP contribution in [0.15, 0.2) is 30.3 Å². The number of nitrogens with zero attached hydrogens (tertiary/aromatic N) is 1. The van der Waals surface area contributed by atoms with Gasteiger partial charge in [-0.15, -0.1) is 0 Å². The zero-order valence-corrected chi connectivity index (χ0v) is 8.84. The molecule has 0 aromatic heterocycles. The van der Waals surface area contributed by atoms with Gasteiger partial charge in [0, 0.05) is 12.0 Å². The summed E-state index contributed by atoms with van der Waals surface area (Å²) < 4.78 is 4.72. The maximum Gasteiger partial charge on any atom is 0.307 e. The number of carbonyl (C=O) groups excluding carboxylic acids is 2. The number of hydrogen-bond acceptors (Lipinski definition) is 4. The largest absolute Gasteiger partial charge is 0.438 e. The molecule has 1 unspecified atom stereocenters. The first-order chi connectivity index (χ1) is 7.69. The van der Waals surface area contributed by atoms with Crippen molar-refractivity contribution in [1.29, 1.82) is 5.26 Å². The normalized spacial score (nSPS) is 11.2. The van der Waals surface area contributed by atoms with Gasteiger partial charge in [0.25, 0.3) is 0 Å². The van der Waals surface area contributed by atoms with Gasteiger partial charge in [0.1, 0.15) is 6.07 Å². The molecule has 1 aromatic carbocycles. The van der Waals surface area contributed by atoms with Crippen LogP contribution in [0.25, 0.3) is 0 Å². The van der Waals surface area contributed by atoms with Crippen molar-refractivity contribution < 1.29 is 14.3 Å². The van der Waals surface area contributed by atoms with Crippen LogP contribution in [0.1, 0.15) is 23.7 Å². The first kappa shape index (κ1) is 11.9. The smallest absolute Gasteiger partial charge is 0.307 e. The summed E-state index contributed by atoms with van der Waals surface area (Å²) in [6.07, 6.45) is -1.21. The third-order valence-corrected chi connectivity index (χ3v) is 1.95. The summed E-state index contributed by atoms with van der Waals surface area (Å²) in [5.74, 6) is -1.05. The van der Waals surface area contributed by atoms with Crippen LogP contribution in [0.3, 0.4) is 0 Å². The van der Waals surface area contributed by atoms with E-state index in [1.807, 2.05) is 0 Å². The van der Waals surface area contributed by atoms with Crippen molar-refractivity contribution in [3.8, 4) is 6.07 Å². The molecule has 16 heavy (non-hydrogen) atoms. The van der Waals surface area contributed by atoms with Crippen LogP contribution in [-0.2, 0) is 9.53 Å². The lowest BCUT2D eigenvalue weighted by atomic mass is 10.1. The number of Topliss-reactive ketones (excluding diaryl/α,β-unsaturated/α-hetero) is 1. The lowest BCUT2D eigenvalue weighted by Crippen LogP contribution is -2.25. The van der Waals surface area contributed by atoms with E-state index < -0.39 is 17.9 Å². The highest BCUT2D eigenvalue weighted by molar-refractivity contribution is 6.02. The monoisotopic (exact) mass is 217 g/mol. The van der Waals surface area contributed by atoms with Crippen molar-refractivity contribution in [2.45, 2.75) is 19.4 Å². The number of hydrogen-bond donors (Lipinski definition) is 0. The van der Waals surface area contributed by atoms with Gasteiger partial charge >= 0.3 is 5.97 Å². The van der Waals surface area contributed by atoms with E-state index in [-0.39, 0.29) is 6.42 Å². The molecule has 0 N–H and O–H groups in total. The Morgan fingerprint density at radius 1 is 1.38 bits per heavy atom. The Labute approximate surface area is 93.5 Å². The van der Waals surface area contributed by atoms with Crippen LogP contribution < -0.4 is 0 Å². The van der Waals surface area contributed by atoms with E-state index in [0.717, 1.165) is 0 Å². The molecule has 4 nitrogen and oxygen atoms in total. The third-order valence-electron chi connectivity index (χ3n) is 1.95. The molecule has 82 valence electrons. The maximum absolute atomic E-state index is 11.7. The second kappa shape index (κ2) is 5.66. The van der Waals surface area contributed by atoms with Crippen LogP contribution in [-0.4, -0.2) is 17.9 Å². The summed E-state index contributed by atoms with van der Waals surface area (Å²) in [5.41, 5.74) is 0.359. The average molecular weight is 217 g/mol. The summed E-state index contributed by atoms with van der Waals surface area (Å²) >= 11 is 0. The molecule has 1 atom stereocenters. The van der Waals surface area contributed by atoms with Gasteiger partial charge in [-0.25, -0.2) is 0 Å². The molecule has 0 aliphatic carbocycles. The van der Waals surface area contributed by atoms with Crippen LogP contribution >= 0.6 is 0 Å². The Kier molecular flexibility index (Phi) is 4.22. The van der Waals surface area contributed by atoms with Crippen LogP contribution in [0.5, 0.6) is 0 Å². The predicted molar refractivity (Wildman–Crippen MR) is 56.6 cm³/mol. The van der Waals surface area contributed by atoms with Crippen molar-refractivity contribution in [2.24, 2.45) is 0 Å². The van der Waals surface area contributed by atoms with Gasteiger partial charge in [-0.05, 0) is 0 Å². The zero-order valence-electron chi connectivity index (χ0n) is 8.84. The van der Waals surface area contributed by atoms with Crippen LogP contribution in [0.4, 0.5) is 0 Å². The first-order valence-corrected chi connectivity index (χ1v) is 4.87. The van der Waals surface area contributed by atoms with E-state index in [4.69, 9.17) is 10.00 Å². The third kappa shape index (κ3) is 2.92. The summed E-state index contributed by atoms with van der Waals surface area (Å²) in [7, 11) is 0. The topological polar surface area (TPSA) is 67.2 Å². The number of rotatable bonds is 4. The Morgan fingerprint density at radius 2 is 2.00 bits per heavy atom. The van der Waals surface area contributed by atoms with Crippen molar-refractivity contribution in [1.82, 2.24) is 0 Å². The molecule has 0 saturated carbocycles. The van der Waals surface area contributed by atoms with Gasteiger partial charge in [0.2, 0.25) is 11.9 Å². The van der Waals surface area contributed by atoms with Gasteiger partial charge in [0.05, 0.1) is 0 Å². The fourth-order valence-corrected chi connectivity index (χ4v) is 1.11. The predicted octanol–water partition coefficient (Wildman–Crippen LogP) is 1.71. The molecular formula is C12H11NO3. The molecule has 0 fully saturated rings. The van der Waals surface area contributed by atoms with Crippen molar-refractivity contribution in [2.75, 3.05) is 0 Å². The molecule has 0 heterocycles. The highest BCUT2D eigenvalue weighted by atomic mass is 16.5. The van der Waals surface area contributed by atoms with Gasteiger partial charge in [-0.1, -0.05) is 37.3 Å². The van der Waals surface area contributed by atoms with Crippen molar-refractivity contribution in [3.05, 3.63) is 35.9 Å². The number of ketones is 1. The van der Waals surface area contributed by atoms with E-state index in [0.29, 0.717) is 5.56 Å². The highest BCUT2D eigenvalue weighted by Crippen LogP contribution is 2.06. The second-order valence-electron chi connectivity index (χ2n) is 3.08. The zero-order chi connectivity index (χ0) is 12.0. The molecule has 0 spiro atoms. The van der Waals surface area contributed by atoms with Gasteiger partial charge in [0.15, 0.2) is 0 Å². The fourth-order valence-electron chi connectivity index (χ4n) is 1.11. The van der Waals surface area contributed by atoms with Crippen LogP contribution in [0.2, 0.25) is 0 Å². The van der Waals surface area contributed by atoms with E-state index in [2.05, 4.69) is 0 Å². The second-order valence-corrected chi connectivity index (χ2v) is 3.08. The summed E-state index contributed by atoms with van der Waals surface area (Å²) in [4.78, 5) is 22.7. The SMILES string of the molecule is CCC(=O)OC(C#N)C(=O)c1ccccc1. The fraction of sp³-hybridized carbons (Fsp3) is 0.250. The molecule has 1 rings (SSSR count). The molecule has 1 aromatic rings. The van der Waals surface area contributed by atoms with Gasteiger partial charge < -0.3 is 4.74 Å². The maximum atomic E-state index is 11.7. The molecule has 0 aliphatic rings. The Balaban J connectivity index is 2.79. The molecular weight excluding hydrogens is 206 g/mol. The number of esters is 1. The van der Waals surface area contributed by atoms with Gasteiger partial charge in [-0.3, -0.25) is 9.59 Å². The Hall–Kier alpha value is -2.15. The van der Waals surface area contributed by atoms with E-state index in [1.54, 1.807) is 43.3 Å². The molecule has 0 radical (unpaired) electrons. The Bertz CT molecular complexity index is 420. The molecule has 0 aliphatic heterocycles. The standard InChI is InChI=1S/C12H11NO3/c1-2-11(14)16-10(8-13)12(15)9-6-4-3-5-7-9/h3-7,10H,2H2,1H3. The molecule has 0 bridgehead atoms. The van der Waals surface area contributed by atoms with E-state index in [1.165, 1.54) is 0 Å². The lowest BCUT2D eigenvalue weighted by Gasteiger charge is -2.08. The first-order valence-electron chi connectivity index (χ1n) is 4.87.